The van der Waals surface area contributed by atoms with E-state index in [0.717, 1.165) is 73.6 Å². The van der Waals surface area contributed by atoms with Crippen LogP contribution in [-0.2, 0) is 6.42 Å². The van der Waals surface area contributed by atoms with Crippen molar-refractivity contribution in [3.8, 4) is 16.9 Å². The van der Waals surface area contributed by atoms with E-state index >= 15 is 0 Å². The van der Waals surface area contributed by atoms with Crippen LogP contribution < -0.4 is 9.64 Å². The van der Waals surface area contributed by atoms with Crippen LogP contribution in [0.5, 0.6) is 5.75 Å². The van der Waals surface area contributed by atoms with E-state index in [1.807, 2.05) is 18.2 Å². The van der Waals surface area contributed by atoms with Gasteiger partial charge in [0.2, 0.25) is 0 Å². The second kappa shape index (κ2) is 11.5. The zero-order valence-corrected chi connectivity index (χ0v) is 27.2. The quantitative estimate of drug-likeness (QED) is 0.175. The first-order valence-electron chi connectivity index (χ1n) is 17.1. The summed E-state index contributed by atoms with van der Waals surface area (Å²) in [5.41, 5.74) is 9.40. The molecule has 0 bridgehead atoms. The summed E-state index contributed by atoms with van der Waals surface area (Å²) in [6.07, 6.45) is 2.97. The van der Waals surface area contributed by atoms with Crippen molar-refractivity contribution in [1.82, 2.24) is 0 Å². The molecule has 0 aliphatic carbocycles. The van der Waals surface area contributed by atoms with Crippen molar-refractivity contribution in [3.63, 3.8) is 0 Å². The highest BCUT2D eigenvalue weighted by molar-refractivity contribution is 6.15. The fourth-order valence-corrected chi connectivity index (χ4v) is 7.52. The van der Waals surface area contributed by atoms with Gasteiger partial charge in [0.15, 0.2) is 0 Å². The van der Waals surface area contributed by atoms with Gasteiger partial charge in [0, 0.05) is 33.8 Å². The smallest absolute Gasteiger partial charge is 0.142 e. The molecule has 1 aromatic heterocycles. The molecule has 1 aliphatic rings. The van der Waals surface area contributed by atoms with E-state index in [0.29, 0.717) is 0 Å². The highest BCUT2D eigenvalue weighted by atomic mass is 16.5. The molecule has 0 fully saturated rings. The first-order chi connectivity index (χ1) is 24.8. The van der Waals surface area contributed by atoms with E-state index in [1.54, 1.807) is 0 Å². The molecule has 0 unspecified atom stereocenters. The van der Waals surface area contributed by atoms with Crippen molar-refractivity contribution in [2.24, 2.45) is 0 Å². The third-order valence-corrected chi connectivity index (χ3v) is 9.89. The molecule has 1 aliphatic heterocycles. The number of ether oxygens (including phenoxy) is 1. The second-order valence-electron chi connectivity index (χ2n) is 12.9. The van der Waals surface area contributed by atoms with E-state index in [-0.39, 0.29) is 0 Å². The topological polar surface area (TPSA) is 25.6 Å². The van der Waals surface area contributed by atoms with Gasteiger partial charge in [-0.1, -0.05) is 127 Å². The van der Waals surface area contributed by atoms with Crippen LogP contribution in [0.2, 0.25) is 0 Å². The minimum atomic E-state index is 0.806. The Balaban J connectivity index is 1.18. The molecular weight excluding hydrogens is 611 g/mol. The Hall–Kier alpha value is -6.58. The molecule has 3 heteroatoms. The first kappa shape index (κ1) is 28.4. The molecule has 8 aromatic carbocycles. The number of allylic oxidation sites excluding steroid dienone is 1. The normalized spacial score (nSPS) is 12.6. The molecule has 0 saturated carbocycles. The average molecular weight is 642 g/mol. The van der Waals surface area contributed by atoms with Gasteiger partial charge in [-0.25, -0.2) is 0 Å². The number of rotatable bonds is 5. The SMILES string of the molecule is C1=C(c2ccccc2)Oc2c(ccc3oc4cc(N(c5cccc(-c6ccccc6)c5)c5cc6ccccc6c6ccccc56)ccc4c23)C1. The minimum Gasteiger partial charge on any atom is -0.456 e. The van der Waals surface area contributed by atoms with Crippen LogP contribution in [-0.4, -0.2) is 0 Å². The van der Waals surface area contributed by atoms with Gasteiger partial charge in [0.05, 0.1) is 11.1 Å². The third-order valence-electron chi connectivity index (χ3n) is 9.89. The third kappa shape index (κ3) is 4.67. The maximum absolute atomic E-state index is 6.65. The average Bonchev–Trinajstić information content (AvgIpc) is 3.57. The Labute approximate surface area is 289 Å². The van der Waals surface area contributed by atoms with Crippen LogP contribution in [0.4, 0.5) is 17.1 Å². The van der Waals surface area contributed by atoms with Crippen LogP contribution in [0.1, 0.15) is 11.1 Å². The molecule has 0 saturated heterocycles. The van der Waals surface area contributed by atoms with E-state index in [9.17, 15) is 0 Å². The van der Waals surface area contributed by atoms with Gasteiger partial charge in [0.1, 0.15) is 22.7 Å². The number of benzene rings is 8. The number of nitrogens with zero attached hydrogens (tertiary/aromatic N) is 1. The maximum atomic E-state index is 6.65. The molecule has 0 spiro atoms. The molecular formula is C47H31NO2. The molecule has 0 amide bonds. The summed E-state index contributed by atoms with van der Waals surface area (Å²) in [7, 11) is 0. The molecule has 3 nitrogen and oxygen atoms in total. The lowest BCUT2D eigenvalue weighted by molar-refractivity contribution is 0.504. The molecule has 0 N–H and O–H groups in total. The summed E-state index contributed by atoms with van der Waals surface area (Å²) in [6, 6.07) is 60.1. The van der Waals surface area contributed by atoms with Crippen LogP contribution in [0, 0.1) is 0 Å². The Morgan fingerprint density at radius 3 is 2.00 bits per heavy atom. The van der Waals surface area contributed by atoms with Crippen molar-refractivity contribution < 1.29 is 9.15 Å². The fraction of sp³-hybridized carbons (Fsp3) is 0.0213. The number of anilines is 3. The van der Waals surface area contributed by atoms with Crippen LogP contribution in [0.15, 0.2) is 180 Å². The summed E-state index contributed by atoms with van der Waals surface area (Å²) in [5, 5.41) is 6.90. The van der Waals surface area contributed by atoms with Crippen LogP contribution >= 0.6 is 0 Å². The summed E-state index contributed by atoms with van der Waals surface area (Å²) < 4.78 is 13.3. The van der Waals surface area contributed by atoms with Crippen molar-refractivity contribution >= 4 is 66.3 Å². The summed E-state index contributed by atoms with van der Waals surface area (Å²) in [4.78, 5) is 2.37. The standard InChI is InChI=1S/C47H31NO2/c1-3-12-31(13-4-1)34-17-11-18-36(28-34)48(42-29-35-16-7-8-19-38(35)39-20-9-10-21-40(39)42)37-24-25-41-45(30-37)49-44-27-23-33-22-26-43(50-47(33)46(41)44)32-14-5-2-6-15-32/h1-21,23-30H,22H2. The number of hydrogen-bond donors (Lipinski definition) is 0. The zero-order chi connectivity index (χ0) is 33.0. The Kier molecular flexibility index (Phi) is 6.56. The lowest BCUT2D eigenvalue weighted by Crippen LogP contribution is -2.10. The van der Waals surface area contributed by atoms with Gasteiger partial charge in [-0.3, -0.25) is 0 Å². The molecule has 0 atom stereocenters. The summed E-state index contributed by atoms with van der Waals surface area (Å²) >= 11 is 0. The largest absolute Gasteiger partial charge is 0.456 e. The highest BCUT2D eigenvalue weighted by Crippen LogP contribution is 2.46. The first-order valence-corrected chi connectivity index (χ1v) is 17.1. The Bertz CT molecular complexity index is 2760. The minimum absolute atomic E-state index is 0.806. The van der Waals surface area contributed by atoms with E-state index in [2.05, 4.69) is 163 Å². The predicted octanol–water partition coefficient (Wildman–Crippen LogP) is 13.0. The maximum Gasteiger partial charge on any atom is 0.142 e. The Morgan fingerprint density at radius 2 is 1.16 bits per heavy atom. The van der Waals surface area contributed by atoms with Crippen molar-refractivity contribution in [1.29, 1.82) is 0 Å². The molecule has 236 valence electrons. The lowest BCUT2D eigenvalue weighted by atomic mass is 9.98. The van der Waals surface area contributed by atoms with Gasteiger partial charge in [-0.15, -0.1) is 0 Å². The van der Waals surface area contributed by atoms with Crippen LogP contribution in [0.3, 0.4) is 0 Å². The van der Waals surface area contributed by atoms with E-state index < -0.39 is 0 Å². The molecule has 9 aromatic rings. The molecule has 2 heterocycles. The van der Waals surface area contributed by atoms with Gasteiger partial charge >= 0.3 is 0 Å². The van der Waals surface area contributed by atoms with Gasteiger partial charge in [0.25, 0.3) is 0 Å². The highest BCUT2D eigenvalue weighted by Gasteiger charge is 2.23. The Morgan fingerprint density at radius 1 is 0.460 bits per heavy atom. The predicted molar refractivity (Wildman–Crippen MR) is 208 cm³/mol. The summed E-state index contributed by atoms with van der Waals surface area (Å²) in [6.45, 7) is 0. The number of furan rings is 1. The van der Waals surface area contributed by atoms with Crippen molar-refractivity contribution in [2.75, 3.05) is 4.90 Å². The van der Waals surface area contributed by atoms with Gasteiger partial charge in [-0.05, 0) is 81.7 Å². The molecule has 0 radical (unpaired) electrons. The van der Waals surface area contributed by atoms with E-state index in [4.69, 9.17) is 9.15 Å². The van der Waals surface area contributed by atoms with Crippen molar-refractivity contribution in [2.45, 2.75) is 6.42 Å². The molecule has 50 heavy (non-hydrogen) atoms. The van der Waals surface area contributed by atoms with Gasteiger partial charge in [-0.2, -0.15) is 0 Å². The fourth-order valence-electron chi connectivity index (χ4n) is 7.52. The number of hydrogen-bond acceptors (Lipinski definition) is 3. The summed E-state index contributed by atoms with van der Waals surface area (Å²) in [5.74, 6) is 1.76. The van der Waals surface area contributed by atoms with Crippen molar-refractivity contribution in [3.05, 3.63) is 187 Å². The molecule has 10 rings (SSSR count). The monoisotopic (exact) mass is 641 g/mol. The second-order valence-corrected chi connectivity index (χ2v) is 12.9. The number of fused-ring (bicyclic) bond motifs is 8. The zero-order valence-electron chi connectivity index (χ0n) is 27.2. The lowest BCUT2D eigenvalue weighted by Gasteiger charge is -2.28. The van der Waals surface area contributed by atoms with Gasteiger partial charge < -0.3 is 14.1 Å². The van der Waals surface area contributed by atoms with E-state index in [1.165, 1.54) is 27.1 Å². The van der Waals surface area contributed by atoms with Crippen LogP contribution in [0.25, 0.3) is 60.4 Å².